The van der Waals surface area contributed by atoms with Crippen molar-refractivity contribution in [2.24, 2.45) is 0 Å². The van der Waals surface area contributed by atoms with Crippen LogP contribution >= 0.6 is 11.6 Å². The molecule has 1 heterocycles. The fourth-order valence-corrected chi connectivity index (χ4v) is 2.77. The van der Waals surface area contributed by atoms with E-state index in [0.29, 0.717) is 11.4 Å². The van der Waals surface area contributed by atoms with E-state index in [1.807, 2.05) is 24.3 Å². The molecule has 0 radical (unpaired) electrons. The van der Waals surface area contributed by atoms with Gasteiger partial charge in [0.15, 0.2) is 0 Å². The van der Waals surface area contributed by atoms with Crippen LogP contribution in [0.5, 0.6) is 0 Å². The summed E-state index contributed by atoms with van der Waals surface area (Å²) >= 11 is 6.04. The van der Waals surface area contributed by atoms with Crippen LogP contribution in [0, 0.1) is 0 Å². The van der Waals surface area contributed by atoms with E-state index in [0.717, 1.165) is 24.9 Å². The highest BCUT2D eigenvalue weighted by molar-refractivity contribution is 6.31. The van der Waals surface area contributed by atoms with Crippen molar-refractivity contribution in [1.29, 1.82) is 0 Å². The smallest absolute Gasteiger partial charge is 0.224 e. The lowest BCUT2D eigenvalue weighted by molar-refractivity contribution is -0.120. The Hall–Kier alpha value is -1.06. The molecular weight excluding hydrogens is 272 g/mol. The molecule has 2 rings (SSSR count). The Morgan fingerprint density at radius 3 is 2.70 bits per heavy atom. The molecule has 0 aliphatic carbocycles. The molecule has 1 aromatic carbocycles. The van der Waals surface area contributed by atoms with Gasteiger partial charge in [0.05, 0.1) is 6.42 Å². The van der Waals surface area contributed by atoms with E-state index in [2.05, 4.69) is 10.2 Å². The van der Waals surface area contributed by atoms with Crippen molar-refractivity contribution in [2.75, 3.05) is 26.2 Å². The van der Waals surface area contributed by atoms with Crippen molar-refractivity contribution in [3.05, 3.63) is 34.9 Å². The normalized spacial score (nSPS) is 15.4. The molecule has 3 nitrogen and oxygen atoms in total. The van der Waals surface area contributed by atoms with Gasteiger partial charge in [-0.15, -0.1) is 0 Å². The Morgan fingerprint density at radius 2 is 1.95 bits per heavy atom. The van der Waals surface area contributed by atoms with Gasteiger partial charge in [0.1, 0.15) is 0 Å². The highest BCUT2D eigenvalue weighted by Crippen LogP contribution is 2.15. The van der Waals surface area contributed by atoms with Gasteiger partial charge in [-0.05, 0) is 56.9 Å². The van der Waals surface area contributed by atoms with Gasteiger partial charge < -0.3 is 10.2 Å². The number of rotatable bonds is 7. The summed E-state index contributed by atoms with van der Waals surface area (Å²) in [6.07, 6.45) is 5.26. The van der Waals surface area contributed by atoms with Crippen LogP contribution in [-0.2, 0) is 11.2 Å². The van der Waals surface area contributed by atoms with Crippen molar-refractivity contribution in [3.8, 4) is 0 Å². The first kappa shape index (κ1) is 15.3. The number of likely N-dealkylation sites (tertiary alicyclic amines) is 1. The summed E-state index contributed by atoms with van der Waals surface area (Å²) in [6.45, 7) is 4.43. The van der Waals surface area contributed by atoms with Gasteiger partial charge in [-0.1, -0.05) is 29.8 Å². The second kappa shape index (κ2) is 8.28. The molecule has 0 spiro atoms. The van der Waals surface area contributed by atoms with Crippen molar-refractivity contribution < 1.29 is 4.79 Å². The van der Waals surface area contributed by atoms with E-state index in [9.17, 15) is 4.79 Å². The molecule has 1 saturated heterocycles. The van der Waals surface area contributed by atoms with Crippen LogP contribution in [0.15, 0.2) is 24.3 Å². The Balaban J connectivity index is 1.57. The molecule has 1 fully saturated rings. The third-order valence-electron chi connectivity index (χ3n) is 3.73. The number of hydrogen-bond donors (Lipinski definition) is 1. The molecule has 1 aliphatic rings. The van der Waals surface area contributed by atoms with E-state index in [1.54, 1.807) is 0 Å². The molecular formula is C16H23ClN2O. The van der Waals surface area contributed by atoms with Crippen molar-refractivity contribution in [2.45, 2.75) is 32.1 Å². The molecule has 20 heavy (non-hydrogen) atoms. The summed E-state index contributed by atoms with van der Waals surface area (Å²) in [5.74, 6) is 0.0549. The zero-order valence-corrected chi connectivity index (χ0v) is 12.7. The third-order valence-corrected chi connectivity index (χ3v) is 4.10. The summed E-state index contributed by atoms with van der Waals surface area (Å²) in [5, 5.41) is 3.63. The first-order chi connectivity index (χ1) is 9.75. The molecule has 1 aliphatic heterocycles. The van der Waals surface area contributed by atoms with Crippen LogP contribution in [0.1, 0.15) is 31.2 Å². The second-order valence-electron chi connectivity index (χ2n) is 5.37. The summed E-state index contributed by atoms with van der Waals surface area (Å²) in [7, 11) is 0. The van der Waals surface area contributed by atoms with Crippen LogP contribution < -0.4 is 5.32 Å². The van der Waals surface area contributed by atoms with Gasteiger partial charge in [-0.25, -0.2) is 0 Å². The minimum Gasteiger partial charge on any atom is -0.356 e. The van der Waals surface area contributed by atoms with Crippen molar-refractivity contribution in [1.82, 2.24) is 10.2 Å². The van der Waals surface area contributed by atoms with E-state index >= 15 is 0 Å². The largest absolute Gasteiger partial charge is 0.356 e. The van der Waals surface area contributed by atoms with E-state index in [-0.39, 0.29) is 5.91 Å². The number of nitrogens with zero attached hydrogens (tertiary/aromatic N) is 1. The number of benzene rings is 1. The zero-order chi connectivity index (χ0) is 14.2. The monoisotopic (exact) mass is 294 g/mol. The van der Waals surface area contributed by atoms with Gasteiger partial charge in [0, 0.05) is 11.6 Å². The third kappa shape index (κ3) is 5.14. The van der Waals surface area contributed by atoms with Crippen LogP contribution in [0.4, 0.5) is 0 Å². The number of amides is 1. The Kier molecular flexibility index (Phi) is 6.34. The minimum absolute atomic E-state index is 0.0549. The number of nitrogens with one attached hydrogen (secondary N) is 1. The minimum atomic E-state index is 0.0549. The van der Waals surface area contributed by atoms with Gasteiger partial charge >= 0.3 is 0 Å². The van der Waals surface area contributed by atoms with Crippen LogP contribution in [0.25, 0.3) is 0 Å². The second-order valence-corrected chi connectivity index (χ2v) is 5.78. The SMILES string of the molecule is O=C(Cc1ccccc1Cl)NCCCCN1CCCC1. The number of unbranched alkanes of at least 4 members (excludes halogenated alkanes) is 1. The molecule has 0 unspecified atom stereocenters. The average molecular weight is 295 g/mol. The maximum Gasteiger partial charge on any atom is 0.224 e. The number of carbonyl (C=O) groups is 1. The van der Waals surface area contributed by atoms with Gasteiger partial charge in [0.25, 0.3) is 0 Å². The predicted molar refractivity (Wildman–Crippen MR) is 83.1 cm³/mol. The first-order valence-electron chi connectivity index (χ1n) is 7.48. The van der Waals surface area contributed by atoms with Crippen molar-refractivity contribution in [3.63, 3.8) is 0 Å². The predicted octanol–water partition coefficient (Wildman–Crippen LogP) is 2.87. The number of halogens is 1. The fraction of sp³-hybridized carbons (Fsp3) is 0.562. The summed E-state index contributed by atoms with van der Waals surface area (Å²) in [4.78, 5) is 14.3. The number of hydrogen-bond acceptors (Lipinski definition) is 2. The lowest BCUT2D eigenvalue weighted by Crippen LogP contribution is -2.27. The van der Waals surface area contributed by atoms with Crippen LogP contribution in [-0.4, -0.2) is 37.0 Å². The summed E-state index contributed by atoms with van der Waals surface area (Å²) in [5.41, 5.74) is 0.892. The lowest BCUT2D eigenvalue weighted by Gasteiger charge is -2.14. The van der Waals surface area contributed by atoms with E-state index in [4.69, 9.17) is 11.6 Å². The molecule has 0 aromatic heterocycles. The lowest BCUT2D eigenvalue weighted by atomic mass is 10.1. The Bertz CT molecular complexity index is 430. The molecule has 0 atom stereocenters. The maximum atomic E-state index is 11.8. The standard InChI is InChI=1S/C16H23ClN2O/c17-15-8-2-1-7-14(15)13-16(20)18-9-3-4-10-19-11-5-6-12-19/h1-2,7-8H,3-6,9-13H2,(H,18,20). The summed E-state index contributed by atoms with van der Waals surface area (Å²) < 4.78 is 0. The maximum absolute atomic E-state index is 11.8. The highest BCUT2D eigenvalue weighted by atomic mass is 35.5. The average Bonchev–Trinajstić information content (AvgIpc) is 2.94. The summed E-state index contributed by atoms with van der Waals surface area (Å²) in [6, 6.07) is 7.50. The molecule has 1 amide bonds. The molecule has 4 heteroatoms. The van der Waals surface area contributed by atoms with Gasteiger partial charge in [0.2, 0.25) is 5.91 Å². The Labute approximate surface area is 126 Å². The first-order valence-corrected chi connectivity index (χ1v) is 7.86. The van der Waals surface area contributed by atoms with E-state index in [1.165, 1.54) is 32.5 Å². The molecule has 1 aromatic rings. The molecule has 0 saturated carbocycles. The Morgan fingerprint density at radius 1 is 1.20 bits per heavy atom. The van der Waals surface area contributed by atoms with Gasteiger partial charge in [-0.2, -0.15) is 0 Å². The van der Waals surface area contributed by atoms with E-state index < -0.39 is 0 Å². The molecule has 1 N–H and O–H groups in total. The molecule has 0 bridgehead atoms. The van der Waals surface area contributed by atoms with Gasteiger partial charge in [-0.3, -0.25) is 4.79 Å². The topological polar surface area (TPSA) is 32.3 Å². The van der Waals surface area contributed by atoms with Crippen LogP contribution in [0.2, 0.25) is 5.02 Å². The fourth-order valence-electron chi connectivity index (χ4n) is 2.57. The highest BCUT2D eigenvalue weighted by Gasteiger charge is 2.10. The van der Waals surface area contributed by atoms with Crippen molar-refractivity contribution >= 4 is 17.5 Å². The quantitative estimate of drug-likeness (QED) is 0.784. The van der Waals surface area contributed by atoms with Crippen LogP contribution in [0.3, 0.4) is 0 Å². The zero-order valence-electron chi connectivity index (χ0n) is 11.9. The number of carbonyl (C=O) groups excluding carboxylic acids is 1. The molecule has 110 valence electrons.